The zero-order valence-corrected chi connectivity index (χ0v) is 9.82. The maximum absolute atomic E-state index is 4.05. The van der Waals surface area contributed by atoms with E-state index in [4.69, 9.17) is 0 Å². The van der Waals surface area contributed by atoms with Crippen molar-refractivity contribution in [3.8, 4) is 0 Å². The van der Waals surface area contributed by atoms with E-state index < -0.39 is 8.07 Å². The molecule has 0 amide bonds. The van der Waals surface area contributed by atoms with E-state index >= 15 is 0 Å². The van der Waals surface area contributed by atoms with E-state index in [2.05, 4.69) is 26.6 Å². The summed E-state index contributed by atoms with van der Waals surface area (Å²) in [4.78, 5) is 0. The first kappa shape index (κ1) is 10.0. The fourth-order valence-corrected chi connectivity index (χ4v) is 6.44. The van der Waals surface area contributed by atoms with Gasteiger partial charge in [0.1, 0.15) is 0 Å². The zero-order valence-electron chi connectivity index (χ0n) is 8.82. The van der Waals surface area contributed by atoms with Crippen LogP contribution >= 0.6 is 0 Å². The quantitative estimate of drug-likeness (QED) is 0.453. The Morgan fingerprint density at radius 1 is 1.33 bits per heavy atom. The highest BCUT2D eigenvalue weighted by Gasteiger charge is 2.33. The molecule has 1 aliphatic rings. The van der Waals surface area contributed by atoms with Crippen molar-refractivity contribution in [1.29, 1.82) is 0 Å². The van der Waals surface area contributed by atoms with Gasteiger partial charge < -0.3 is 0 Å². The third kappa shape index (κ3) is 2.48. The summed E-state index contributed by atoms with van der Waals surface area (Å²) in [6, 6.07) is 1.34. The second-order valence-electron chi connectivity index (χ2n) is 5.10. The van der Waals surface area contributed by atoms with Crippen LogP contribution in [-0.2, 0) is 0 Å². The van der Waals surface area contributed by atoms with Crippen LogP contribution in [0.15, 0.2) is 12.2 Å². The van der Waals surface area contributed by atoms with Crippen molar-refractivity contribution in [2.24, 2.45) is 0 Å². The molecule has 12 heavy (non-hydrogen) atoms. The molecular formula is C11H22Si. The normalized spacial score (nSPS) is 19.9. The fourth-order valence-electron chi connectivity index (χ4n) is 2.63. The molecule has 0 aliphatic heterocycles. The summed E-state index contributed by atoms with van der Waals surface area (Å²) in [5.74, 6) is 0. The van der Waals surface area contributed by atoms with Gasteiger partial charge in [-0.1, -0.05) is 44.4 Å². The van der Waals surface area contributed by atoms with Gasteiger partial charge in [-0.05, 0) is 18.5 Å². The van der Waals surface area contributed by atoms with Crippen LogP contribution in [0.5, 0.6) is 0 Å². The Bertz CT molecular complexity index is 164. The molecule has 0 aromatic rings. The Morgan fingerprint density at radius 2 is 1.83 bits per heavy atom. The molecule has 1 aliphatic carbocycles. The monoisotopic (exact) mass is 182 g/mol. The van der Waals surface area contributed by atoms with Gasteiger partial charge in [-0.3, -0.25) is 0 Å². The summed E-state index contributed by atoms with van der Waals surface area (Å²) < 4.78 is 0. The lowest BCUT2D eigenvalue weighted by Gasteiger charge is -2.29. The van der Waals surface area contributed by atoms with Crippen LogP contribution < -0.4 is 0 Å². The predicted molar refractivity (Wildman–Crippen MR) is 59.3 cm³/mol. The van der Waals surface area contributed by atoms with Gasteiger partial charge in [0.25, 0.3) is 0 Å². The van der Waals surface area contributed by atoms with Crippen LogP contribution in [0.2, 0.25) is 24.7 Å². The van der Waals surface area contributed by atoms with Crippen molar-refractivity contribution in [3.05, 3.63) is 12.2 Å². The first-order valence-electron chi connectivity index (χ1n) is 5.17. The van der Waals surface area contributed by atoms with Crippen LogP contribution in [0.1, 0.15) is 32.6 Å². The van der Waals surface area contributed by atoms with Gasteiger partial charge in [0.05, 0.1) is 8.07 Å². The highest BCUT2D eigenvalue weighted by molar-refractivity contribution is 6.79. The third-order valence-electron chi connectivity index (χ3n) is 3.22. The Kier molecular flexibility index (Phi) is 3.16. The summed E-state index contributed by atoms with van der Waals surface area (Å²) in [5, 5.41) is 0. The summed E-state index contributed by atoms with van der Waals surface area (Å²) in [7, 11) is -0.933. The summed E-state index contributed by atoms with van der Waals surface area (Å²) in [6.07, 6.45) is 5.98. The highest BCUT2D eigenvalue weighted by atomic mass is 28.3. The maximum atomic E-state index is 4.05. The lowest BCUT2D eigenvalue weighted by molar-refractivity contribution is 0.831. The zero-order chi connectivity index (χ0) is 9.19. The van der Waals surface area contributed by atoms with Crippen molar-refractivity contribution in [2.45, 2.75) is 57.3 Å². The first-order chi connectivity index (χ1) is 5.52. The Balaban J connectivity index is 2.50. The molecule has 0 unspecified atom stereocenters. The minimum atomic E-state index is -0.933. The average Bonchev–Trinajstić information content (AvgIpc) is 2.32. The molecule has 0 saturated heterocycles. The Labute approximate surface area is 78.1 Å². The molecule has 0 atom stereocenters. The highest BCUT2D eigenvalue weighted by Crippen LogP contribution is 2.41. The van der Waals surface area contributed by atoms with Gasteiger partial charge in [-0.2, -0.15) is 0 Å². The molecule has 0 radical (unpaired) electrons. The number of rotatable bonds is 3. The fraction of sp³-hybridized carbons (Fsp3) is 0.818. The lowest BCUT2D eigenvalue weighted by atomic mass is 10.4. The molecule has 0 N–H and O–H groups in total. The SMILES string of the molecule is C=C(C)C[Si](C)(C)C1CCCC1. The van der Waals surface area contributed by atoms with Gasteiger partial charge in [0.2, 0.25) is 0 Å². The van der Waals surface area contributed by atoms with Crippen LogP contribution in [0, 0.1) is 0 Å². The van der Waals surface area contributed by atoms with E-state index in [9.17, 15) is 0 Å². The van der Waals surface area contributed by atoms with Gasteiger partial charge >= 0.3 is 0 Å². The largest absolute Gasteiger partial charge is 0.100 e. The van der Waals surface area contributed by atoms with Crippen LogP contribution in [-0.4, -0.2) is 8.07 Å². The minimum Gasteiger partial charge on any atom is -0.100 e. The predicted octanol–water partition coefficient (Wildman–Crippen LogP) is 4.22. The summed E-state index contributed by atoms with van der Waals surface area (Å²) in [5.41, 5.74) is 2.49. The van der Waals surface area contributed by atoms with Gasteiger partial charge in [0, 0.05) is 0 Å². The van der Waals surface area contributed by atoms with E-state index in [1.54, 1.807) is 0 Å². The maximum Gasteiger partial charge on any atom is 0.0544 e. The standard InChI is InChI=1S/C11H22Si/c1-10(2)9-12(3,4)11-7-5-6-8-11/h11H,1,5-9H2,2-4H3. The summed E-state index contributed by atoms with van der Waals surface area (Å²) in [6.45, 7) is 11.3. The Morgan fingerprint density at radius 3 is 2.25 bits per heavy atom. The average molecular weight is 182 g/mol. The Hall–Kier alpha value is -0.0431. The molecule has 0 aromatic heterocycles. The van der Waals surface area contributed by atoms with Crippen molar-refractivity contribution in [3.63, 3.8) is 0 Å². The van der Waals surface area contributed by atoms with E-state index in [0.29, 0.717) is 0 Å². The molecule has 1 fully saturated rings. The smallest absolute Gasteiger partial charge is 0.0544 e. The second-order valence-corrected chi connectivity index (χ2v) is 10.3. The van der Waals surface area contributed by atoms with E-state index in [0.717, 1.165) is 5.54 Å². The molecule has 1 heteroatoms. The van der Waals surface area contributed by atoms with Gasteiger partial charge in [-0.25, -0.2) is 0 Å². The number of hydrogen-bond donors (Lipinski definition) is 0. The third-order valence-corrected chi connectivity index (χ3v) is 7.52. The van der Waals surface area contributed by atoms with Crippen molar-refractivity contribution in [1.82, 2.24) is 0 Å². The molecule has 0 nitrogen and oxygen atoms in total. The molecular weight excluding hydrogens is 160 g/mol. The molecule has 0 heterocycles. The molecule has 0 spiro atoms. The topological polar surface area (TPSA) is 0 Å². The summed E-state index contributed by atoms with van der Waals surface area (Å²) >= 11 is 0. The van der Waals surface area contributed by atoms with Gasteiger partial charge in [-0.15, -0.1) is 6.58 Å². The number of hydrogen-bond acceptors (Lipinski definition) is 0. The first-order valence-corrected chi connectivity index (χ1v) is 8.45. The lowest BCUT2D eigenvalue weighted by Crippen LogP contribution is -2.30. The molecule has 1 rings (SSSR count). The molecule has 1 saturated carbocycles. The van der Waals surface area contributed by atoms with Crippen LogP contribution in [0.25, 0.3) is 0 Å². The van der Waals surface area contributed by atoms with Crippen LogP contribution in [0.4, 0.5) is 0 Å². The van der Waals surface area contributed by atoms with Crippen LogP contribution in [0.3, 0.4) is 0 Å². The van der Waals surface area contributed by atoms with Crippen molar-refractivity contribution >= 4 is 8.07 Å². The number of allylic oxidation sites excluding steroid dienone is 1. The molecule has 70 valence electrons. The molecule has 0 aromatic carbocycles. The van der Waals surface area contributed by atoms with Crippen molar-refractivity contribution < 1.29 is 0 Å². The molecule has 0 bridgehead atoms. The second kappa shape index (κ2) is 3.78. The van der Waals surface area contributed by atoms with Gasteiger partial charge in [0.15, 0.2) is 0 Å². The van der Waals surface area contributed by atoms with E-state index in [1.807, 2.05) is 0 Å². The van der Waals surface area contributed by atoms with E-state index in [-0.39, 0.29) is 0 Å². The minimum absolute atomic E-state index is 0.933. The van der Waals surface area contributed by atoms with Crippen molar-refractivity contribution in [2.75, 3.05) is 0 Å². The van der Waals surface area contributed by atoms with E-state index in [1.165, 1.54) is 37.3 Å².